The maximum absolute atomic E-state index is 12.1. The number of carbonyl (C=O) groups is 1. The molecule has 3 N–H and O–H groups in total. The van der Waals surface area contributed by atoms with Gasteiger partial charge < -0.3 is 15.7 Å². The molecule has 1 aromatic rings. The first kappa shape index (κ1) is 10.9. The molecule has 1 saturated heterocycles. The predicted molar refractivity (Wildman–Crippen MR) is 59.8 cm³/mol. The number of hydrogen-bond acceptors (Lipinski definition) is 4. The number of aromatic nitrogens is 1. The SMILES string of the molecule is Nc1ncccc1C(=O)N1CCCC(O)C1. The number of β-amino-alcohol motifs (C(OH)–C–C–N with tert-alkyl or cyclic N) is 1. The summed E-state index contributed by atoms with van der Waals surface area (Å²) in [5, 5.41) is 9.50. The van der Waals surface area contributed by atoms with Crippen LogP contribution >= 0.6 is 0 Å². The number of amides is 1. The molecule has 16 heavy (non-hydrogen) atoms. The van der Waals surface area contributed by atoms with Crippen LogP contribution in [-0.4, -0.2) is 40.1 Å². The summed E-state index contributed by atoms with van der Waals surface area (Å²) < 4.78 is 0. The number of carbonyl (C=O) groups excluding carboxylic acids is 1. The number of nitrogens with zero attached hydrogens (tertiary/aromatic N) is 2. The number of piperidine rings is 1. The van der Waals surface area contributed by atoms with Crippen molar-refractivity contribution in [1.29, 1.82) is 0 Å². The number of pyridine rings is 1. The van der Waals surface area contributed by atoms with Crippen molar-refractivity contribution in [3.8, 4) is 0 Å². The molecule has 1 amide bonds. The number of likely N-dealkylation sites (tertiary alicyclic amines) is 1. The summed E-state index contributed by atoms with van der Waals surface area (Å²) in [4.78, 5) is 17.6. The van der Waals surface area contributed by atoms with Crippen LogP contribution in [0.5, 0.6) is 0 Å². The highest BCUT2D eigenvalue weighted by molar-refractivity contribution is 5.98. The third-order valence-corrected chi connectivity index (χ3v) is 2.75. The zero-order valence-corrected chi connectivity index (χ0v) is 8.97. The van der Waals surface area contributed by atoms with Crippen molar-refractivity contribution >= 4 is 11.7 Å². The highest BCUT2D eigenvalue weighted by atomic mass is 16.3. The number of aliphatic hydroxyl groups is 1. The highest BCUT2D eigenvalue weighted by Crippen LogP contribution is 2.16. The number of nitrogens with two attached hydrogens (primary N) is 1. The Labute approximate surface area is 93.9 Å². The fourth-order valence-corrected chi connectivity index (χ4v) is 1.91. The Morgan fingerprint density at radius 3 is 3.12 bits per heavy atom. The van der Waals surface area contributed by atoms with Crippen LogP contribution in [0.25, 0.3) is 0 Å². The summed E-state index contributed by atoms with van der Waals surface area (Å²) in [5.41, 5.74) is 6.06. The largest absolute Gasteiger partial charge is 0.391 e. The maximum Gasteiger partial charge on any atom is 0.257 e. The van der Waals surface area contributed by atoms with Crippen molar-refractivity contribution in [2.45, 2.75) is 18.9 Å². The molecule has 0 spiro atoms. The summed E-state index contributed by atoms with van der Waals surface area (Å²) in [6.07, 6.45) is 2.71. The zero-order valence-electron chi connectivity index (χ0n) is 8.97. The Morgan fingerprint density at radius 1 is 1.62 bits per heavy atom. The number of aliphatic hydroxyl groups excluding tert-OH is 1. The molecular weight excluding hydrogens is 206 g/mol. The normalized spacial score (nSPS) is 20.8. The van der Waals surface area contributed by atoms with E-state index in [1.165, 1.54) is 0 Å². The minimum Gasteiger partial charge on any atom is -0.391 e. The first-order valence-electron chi connectivity index (χ1n) is 5.36. The van der Waals surface area contributed by atoms with E-state index in [2.05, 4.69) is 4.98 Å². The second kappa shape index (κ2) is 4.49. The van der Waals surface area contributed by atoms with E-state index < -0.39 is 6.10 Å². The van der Waals surface area contributed by atoms with E-state index >= 15 is 0 Å². The van der Waals surface area contributed by atoms with Gasteiger partial charge in [0.15, 0.2) is 0 Å². The number of hydrogen-bond donors (Lipinski definition) is 2. The van der Waals surface area contributed by atoms with E-state index in [0.717, 1.165) is 12.8 Å². The van der Waals surface area contributed by atoms with Crippen LogP contribution < -0.4 is 5.73 Å². The van der Waals surface area contributed by atoms with Crippen LogP contribution in [0.1, 0.15) is 23.2 Å². The molecule has 1 aromatic heterocycles. The second-order valence-electron chi connectivity index (χ2n) is 3.98. The molecular formula is C11H15N3O2. The lowest BCUT2D eigenvalue weighted by Crippen LogP contribution is -2.42. The Kier molecular flexibility index (Phi) is 3.05. The summed E-state index contributed by atoms with van der Waals surface area (Å²) in [6, 6.07) is 3.34. The molecule has 5 nitrogen and oxygen atoms in total. The average molecular weight is 221 g/mol. The summed E-state index contributed by atoms with van der Waals surface area (Å²) >= 11 is 0. The quantitative estimate of drug-likeness (QED) is 0.713. The van der Waals surface area contributed by atoms with Crippen LogP contribution in [-0.2, 0) is 0 Å². The molecule has 1 atom stereocenters. The van der Waals surface area contributed by atoms with E-state index in [9.17, 15) is 9.90 Å². The second-order valence-corrected chi connectivity index (χ2v) is 3.98. The van der Waals surface area contributed by atoms with Gasteiger partial charge in [-0.1, -0.05) is 0 Å². The van der Waals surface area contributed by atoms with E-state index in [-0.39, 0.29) is 11.7 Å². The molecule has 0 bridgehead atoms. The smallest absolute Gasteiger partial charge is 0.257 e. The zero-order chi connectivity index (χ0) is 11.5. The molecule has 0 aliphatic carbocycles. The van der Waals surface area contributed by atoms with E-state index in [1.807, 2.05) is 0 Å². The molecule has 2 heterocycles. The minimum atomic E-state index is -0.421. The van der Waals surface area contributed by atoms with Gasteiger partial charge in [-0.15, -0.1) is 0 Å². The van der Waals surface area contributed by atoms with Gasteiger partial charge in [-0.05, 0) is 25.0 Å². The summed E-state index contributed by atoms with van der Waals surface area (Å²) in [6.45, 7) is 1.05. The van der Waals surface area contributed by atoms with Crippen LogP contribution in [0.2, 0.25) is 0 Å². The third kappa shape index (κ3) is 2.14. The van der Waals surface area contributed by atoms with Gasteiger partial charge in [0.05, 0.1) is 11.7 Å². The molecule has 0 aromatic carbocycles. The van der Waals surface area contributed by atoms with Gasteiger partial charge in [0.25, 0.3) is 5.91 Å². The lowest BCUT2D eigenvalue weighted by molar-refractivity contribution is 0.0474. The van der Waals surface area contributed by atoms with Crippen molar-refractivity contribution in [3.63, 3.8) is 0 Å². The first-order chi connectivity index (χ1) is 7.68. The van der Waals surface area contributed by atoms with Gasteiger partial charge in [0, 0.05) is 19.3 Å². The van der Waals surface area contributed by atoms with E-state index in [4.69, 9.17) is 5.73 Å². The molecule has 5 heteroatoms. The van der Waals surface area contributed by atoms with E-state index in [0.29, 0.717) is 18.7 Å². The van der Waals surface area contributed by atoms with Crippen LogP contribution in [0, 0.1) is 0 Å². The predicted octanol–water partition coefficient (Wildman–Crippen LogP) is 0.261. The topological polar surface area (TPSA) is 79.5 Å². The number of anilines is 1. The number of nitrogen functional groups attached to an aromatic ring is 1. The molecule has 1 aliphatic rings. The van der Waals surface area contributed by atoms with Crippen LogP contribution in [0.15, 0.2) is 18.3 Å². The Balaban J connectivity index is 2.16. The fourth-order valence-electron chi connectivity index (χ4n) is 1.91. The molecule has 1 unspecified atom stereocenters. The highest BCUT2D eigenvalue weighted by Gasteiger charge is 2.24. The van der Waals surface area contributed by atoms with Gasteiger partial charge in [-0.2, -0.15) is 0 Å². The fraction of sp³-hybridized carbons (Fsp3) is 0.455. The Morgan fingerprint density at radius 2 is 2.44 bits per heavy atom. The van der Waals surface area contributed by atoms with Gasteiger partial charge in [0.2, 0.25) is 0 Å². The van der Waals surface area contributed by atoms with Gasteiger partial charge in [-0.25, -0.2) is 4.98 Å². The Hall–Kier alpha value is -1.62. The van der Waals surface area contributed by atoms with Crippen molar-refractivity contribution in [2.24, 2.45) is 0 Å². The van der Waals surface area contributed by atoms with Gasteiger partial charge in [0.1, 0.15) is 5.82 Å². The van der Waals surface area contributed by atoms with E-state index in [1.54, 1.807) is 23.2 Å². The maximum atomic E-state index is 12.1. The molecule has 86 valence electrons. The molecule has 1 aliphatic heterocycles. The summed E-state index contributed by atoms with van der Waals surface area (Å²) in [5.74, 6) is 0.0944. The first-order valence-corrected chi connectivity index (χ1v) is 5.36. The van der Waals surface area contributed by atoms with Gasteiger partial charge in [-0.3, -0.25) is 4.79 Å². The molecule has 0 saturated carbocycles. The third-order valence-electron chi connectivity index (χ3n) is 2.75. The van der Waals surface area contributed by atoms with Crippen molar-refractivity contribution in [2.75, 3.05) is 18.8 Å². The van der Waals surface area contributed by atoms with Crippen molar-refractivity contribution in [3.05, 3.63) is 23.9 Å². The Bertz CT molecular complexity index is 395. The number of rotatable bonds is 1. The molecule has 2 rings (SSSR count). The van der Waals surface area contributed by atoms with Crippen molar-refractivity contribution in [1.82, 2.24) is 9.88 Å². The lowest BCUT2D eigenvalue weighted by Gasteiger charge is -2.30. The summed E-state index contributed by atoms with van der Waals surface area (Å²) in [7, 11) is 0. The molecule has 1 fully saturated rings. The minimum absolute atomic E-state index is 0.149. The van der Waals surface area contributed by atoms with Crippen molar-refractivity contribution < 1.29 is 9.90 Å². The van der Waals surface area contributed by atoms with Crippen LogP contribution in [0.4, 0.5) is 5.82 Å². The standard InChI is InChI=1S/C11H15N3O2/c12-10-9(4-1-5-13-10)11(16)14-6-2-3-8(15)7-14/h1,4-5,8,15H,2-3,6-7H2,(H2,12,13). The van der Waals surface area contributed by atoms with Gasteiger partial charge >= 0.3 is 0 Å². The lowest BCUT2D eigenvalue weighted by atomic mass is 10.1. The molecule has 0 radical (unpaired) electrons. The average Bonchev–Trinajstić information content (AvgIpc) is 2.29. The monoisotopic (exact) mass is 221 g/mol. The van der Waals surface area contributed by atoms with Crippen LogP contribution in [0.3, 0.4) is 0 Å².